The second-order valence-electron chi connectivity index (χ2n) is 7.51. The number of ether oxygens (including phenoxy) is 2. The van der Waals surface area contributed by atoms with Gasteiger partial charge in [0, 0.05) is 13.1 Å². The summed E-state index contributed by atoms with van der Waals surface area (Å²) in [5, 5.41) is 5.75. The van der Waals surface area contributed by atoms with E-state index >= 15 is 0 Å². The molecule has 2 amide bonds. The van der Waals surface area contributed by atoms with Gasteiger partial charge in [0.05, 0.1) is 30.7 Å². The molecule has 2 heterocycles. The van der Waals surface area contributed by atoms with E-state index < -0.39 is 5.97 Å². The molecule has 3 rings (SSSR count). The van der Waals surface area contributed by atoms with Crippen molar-refractivity contribution in [2.45, 2.75) is 32.7 Å². The lowest BCUT2D eigenvalue weighted by Gasteiger charge is -2.24. The molecule has 1 fully saturated rings. The van der Waals surface area contributed by atoms with Gasteiger partial charge in [0.1, 0.15) is 10.8 Å². The molecular formula is C23H29N3O5S. The number of amides is 2. The lowest BCUT2D eigenvalue weighted by atomic mass is 10.0. The number of benzene rings is 1. The molecule has 1 aliphatic rings. The molecule has 1 aromatic heterocycles. The standard InChI is InChI=1S/C23H29N3O5S/c1-5-31-23(29)19-14(2)20(21(28)24-3)32-22(19)25-18(27)13-26-12-6-7-17(26)15-8-10-16(30-4)11-9-15/h8-11,17H,5-7,12-13H2,1-4H3,(H,24,28)(H,25,27). The molecule has 1 atom stereocenters. The van der Waals surface area contributed by atoms with Gasteiger partial charge < -0.3 is 20.1 Å². The Morgan fingerprint density at radius 2 is 1.94 bits per heavy atom. The van der Waals surface area contributed by atoms with Crippen LogP contribution in [0.2, 0.25) is 0 Å². The van der Waals surface area contributed by atoms with Crippen LogP contribution in [-0.4, -0.2) is 56.5 Å². The second-order valence-corrected chi connectivity index (χ2v) is 8.53. The molecule has 1 aliphatic heterocycles. The topological polar surface area (TPSA) is 97.0 Å². The normalized spacial score (nSPS) is 15.9. The fraction of sp³-hybridized carbons (Fsp3) is 0.435. The Balaban J connectivity index is 1.77. The first-order valence-electron chi connectivity index (χ1n) is 10.6. The van der Waals surface area contributed by atoms with Crippen molar-refractivity contribution in [3.63, 3.8) is 0 Å². The maximum atomic E-state index is 12.9. The van der Waals surface area contributed by atoms with E-state index in [2.05, 4.69) is 15.5 Å². The quantitative estimate of drug-likeness (QED) is 0.588. The van der Waals surface area contributed by atoms with E-state index in [4.69, 9.17) is 9.47 Å². The van der Waals surface area contributed by atoms with Gasteiger partial charge in [-0.3, -0.25) is 14.5 Å². The minimum absolute atomic E-state index is 0.141. The highest BCUT2D eigenvalue weighted by atomic mass is 32.1. The van der Waals surface area contributed by atoms with Gasteiger partial charge in [-0.15, -0.1) is 11.3 Å². The van der Waals surface area contributed by atoms with Crippen LogP contribution in [0.4, 0.5) is 5.00 Å². The Hall–Kier alpha value is -2.91. The first-order valence-corrected chi connectivity index (χ1v) is 11.4. The maximum absolute atomic E-state index is 12.9. The number of rotatable bonds is 8. The number of hydrogen-bond acceptors (Lipinski definition) is 7. The van der Waals surface area contributed by atoms with Crippen LogP contribution in [0.3, 0.4) is 0 Å². The van der Waals surface area contributed by atoms with Gasteiger partial charge in [-0.1, -0.05) is 12.1 Å². The number of nitrogens with zero attached hydrogens (tertiary/aromatic N) is 1. The van der Waals surface area contributed by atoms with Crippen LogP contribution >= 0.6 is 11.3 Å². The van der Waals surface area contributed by atoms with E-state index in [0.717, 1.165) is 42.0 Å². The van der Waals surface area contributed by atoms with Gasteiger partial charge in [-0.05, 0) is 56.5 Å². The van der Waals surface area contributed by atoms with Crippen LogP contribution < -0.4 is 15.4 Å². The number of likely N-dealkylation sites (tertiary alicyclic amines) is 1. The van der Waals surface area contributed by atoms with Crippen molar-refractivity contribution in [3.8, 4) is 5.75 Å². The Labute approximate surface area is 191 Å². The van der Waals surface area contributed by atoms with E-state index in [1.807, 2.05) is 24.3 Å². The highest BCUT2D eigenvalue weighted by molar-refractivity contribution is 7.18. The maximum Gasteiger partial charge on any atom is 0.341 e. The van der Waals surface area contributed by atoms with Crippen molar-refractivity contribution < 1.29 is 23.9 Å². The number of nitrogens with one attached hydrogen (secondary N) is 2. The molecule has 0 bridgehead atoms. The van der Waals surface area contributed by atoms with Crippen LogP contribution in [0.15, 0.2) is 24.3 Å². The molecule has 2 N–H and O–H groups in total. The van der Waals surface area contributed by atoms with E-state index in [-0.39, 0.29) is 36.6 Å². The summed E-state index contributed by atoms with van der Waals surface area (Å²) in [6.07, 6.45) is 1.96. The monoisotopic (exact) mass is 459 g/mol. The zero-order valence-electron chi connectivity index (χ0n) is 18.8. The Kier molecular flexibility index (Phi) is 7.87. The van der Waals surface area contributed by atoms with Gasteiger partial charge >= 0.3 is 5.97 Å². The summed E-state index contributed by atoms with van der Waals surface area (Å²) >= 11 is 1.08. The molecule has 2 aromatic rings. The van der Waals surface area contributed by atoms with Gasteiger partial charge in [-0.25, -0.2) is 4.79 Å². The van der Waals surface area contributed by atoms with Crippen molar-refractivity contribution in [2.75, 3.05) is 39.2 Å². The van der Waals surface area contributed by atoms with E-state index in [1.165, 1.54) is 7.05 Å². The molecule has 0 aliphatic carbocycles. The molecule has 0 spiro atoms. The lowest BCUT2D eigenvalue weighted by Crippen LogP contribution is -2.33. The van der Waals surface area contributed by atoms with E-state index in [0.29, 0.717) is 15.4 Å². The average Bonchev–Trinajstić information content (AvgIpc) is 3.37. The highest BCUT2D eigenvalue weighted by Crippen LogP contribution is 2.35. The molecule has 1 saturated heterocycles. The summed E-state index contributed by atoms with van der Waals surface area (Å²) in [6, 6.07) is 8.04. The summed E-state index contributed by atoms with van der Waals surface area (Å²) in [7, 11) is 3.16. The first-order chi connectivity index (χ1) is 15.4. The van der Waals surface area contributed by atoms with Crippen molar-refractivity contribution in [1.29, 1.82) is 0 Å². The fourth-order valence-corrected chi connectivity index (χ4v) is 5.11. The van der Waals surface area contributed by atoms with Crippen molar-refractivity contribution >= 4 is 34.1 Å². The van der Waals surface area contributed by atoms with E-state index in [9.17, 15) is 14.4 Å². The smallest absolute Gasteiger partial charge is 0.341 e. The molecular weight excluding hydrogens is 430 g/mol. The molecule has 32 heavy (non-hydrogen) atoms. The van der Waals surface area contributed by atoms with Crippen LogP contribution in [-0.2, 0) is 9.53 Å². The van der Waals surface area contributed by atoms with E-state index in [1.54, 1.807) is 21.0 Å². The third kappa shape index (κ3) is 5.11. The number of hydrogen-bond donors (Lipinski definition) is 2. The summed E-state index contributed by atoms with van der Waals surface area (Å²) < 4.78 is 10.4. The van der Waals surface area contributed by atoms with Crippen molar-refractivity contribution in [2.24, 2.45) is 0 Å². The molecule has 172 valence electrons. The summed E-state index contributed by atoms with van der Waals surface area (Å²) in [5.74, 6) is -0.301. The largest absolute Gasteiger partial charge is 0.497 e. The minimum Gasteiger partial charge on any atom is -0.497 e. The van der Waals surface area contributed by atoms with Gasteiger partial charge in [0.2, 0.25) is 5.91 Å². The number of esters is 1. The van der Waals surface area contributed by atoms with Crippen LogP contribution in [0.25, 0.3) is 0 Å². The SMILES string of the molecule is CCOC(=O)c1c(NC(=O)CN2CCCC2c2ccc(OC)cc2)sc(C(=O)NC)c1C. The zero-order chi connectivity index (χ0) is 23.3. The van der Waals surface area contributed by atoms with Gasteiger partial charge in [-0.2, -0.15) is 0 Å². The molecule has 0 radical (unpaired) electrons. The zero-order valence-corrected chi connectivity index (χ0v) is 19.6. The van der Waals surface area contributed by atoms with Crippen molar-refractivity contribution in [1.82, 2.24) is 10.2 Å². The van der Waals surface area contributed by atoms with Crippen molar-refractivity contribution in [3.05, 3.63) is 45.8 Å². The molecule has 1 unspecified atom stereocenters. The third-order valence-electron chi connectivity index (χ3n) is 5.52. The number of methoxy groups -OCH3 is 1. The Morgan fingerprint density at radius 3 is 2.56 bits per heavy atom. The summed E-state index contributed by atoms with van der Waals surface area (Å²) in [4.78, 5) is 40.1. The Bertz CT molecular complexity index is 986. The lowest BCUT2D eigenvalue weighted by molar-refractivity contribution is -0.117. The molecule has 9 heteroatoms. The summed E-state index contributed by atoms with van der Waals surface area (Å²) in [6.45, 7) is 4.59. The number of anilines is 1. The molecule has 1 aromatic carbocycles. The highest BCUT2D eigenvalue weighted by Gasteiger charge is 2.30. The first kappa shape index (κ1) is 23.7. The minimum atomic E-state index is -0.552. The predicted molar refractivity (Wildman–Crippen MR) is 124 cm³/mol. The number of carbonyl (C=O) groups is 3. The van der Waals surface area contributed by atoms with Crippen LogP contribution in [0.5, 0.6) is 5.75 Å². The van der Waals surface area contributed by atoms with Crippen LogP contribution in [0, 0.1) is 6.92 Å². The number of thiophene rings is 1. The summed E-state index contributed by atoms with van der Waals surface area (Å²) in [5.41, 5.74) is 1.87. The molecule has 8 nitrogen and oxygen atoms in total. The van der Waals surface area contributed by atoms with Crippen LogP contribution in [0.1, 0.15) is 57.0 Å². The number of carbonyl (C=O) groups excluding carboxylic acids is 3. The second kappa shape index (κ2) is 10.6. The Morgan fingerprint density at radius 1 is 1.22 bits per heavy atom. The third-order valence-corrected chi connectivity index (χ3v) is 6.73. The predicted octanol–water partition coefficient (Wildman–Crippen LogP) is 3.38. The average molecular weight is 460 g/mol. The fourth-order valence-electron chi connectivity index (χ4n) is 3.95. The van der Waals surface area contributed by atoms with Gasteiger partial charge in [0.25, 0.3) is 5.91 Å². The van der Waals surface area contributed by atoms with Gasteiger partial charge in [0.15, 0.2) is 0 Å². The molecule has 0 saturated carbocycles.